The SMILES string of the molecule is [Cl-].c1ccc(Pc2cccc3ccsc23)cc1. The molecular weight excluding hydrogens is 267 g/mol. The highest BCUT2D eigenvalue weighted by molar-refractivity contribution is 7.57. The molecule has 1 atom stereocenters. The van der Waals surface area contributed by atoms with Crippen LogP contribution in [-0.4, -0.2) is 0 Å². The lowest BCUT2D eigenvalue weighted by Crippen LogP contribution is -3.00. The van der Waals surface area contributed by atoms with Crippen molar-refractivity contribution in [2.45, 2.75) is 0 Å². The van der Waals surface area contributed by atoms with Crippen LogP contribution in [0.15, 0.2) is 60.0 Å². The minimum atomic E-state index is 0. The van der Waals surface area contributed by atoms with E-state index >= 15 is 0 Å². The number of fused-ring (bicyclic) bond motifs is 1. The van der Waals surface area contributed by atoms with Crippen molar-refractivity contribution in [3.05, 3.63) is 60.0 Å². The number of benzene rings is 2. The van der Waals surface area contributed by atoms with Gasteiger partial charge < -0.3 is 12.4 Å². The molecule has 2 aromatic carbocycles. The summed E-state index contributed by atoms with van der Waals surface area (Å²) in [5, 5.41) is 6.40. The Morgan fingerprint density at radius 1 is 0.824 bits per heavy atom. The zero-order chi connectivity index (χ0) is 10.8. The van der Waals surface area contributed by atoms with Crippen molar-refractivity contribution in [1.29, 1.82) is 0 Å². The molecule has 0 aliphatic rings. The summed E-state index contributed by atoms with van der Waals surface area (Å²) >= 11 is 1.84. The Morgan fingerprint density at radius 3 is 2.47 bits per heavy atom. The molecule has 0 nitrogen and oxygen atoms in total. The van der Waals surface area contributed by atoms with Gasteiger partial charge in [-0.3, -0.25) is 0 Å². The molecule has 0 aliphatic heterocycles. The Bertz CT molecular complexity index is 604. The second kappa shape index (κ2) is 5.64. The summed E-state index contributed by atoms with van der Waals surface area (Å²) in [4.78, 5) is 0. The predicted octanol–water partition coefficient (Wildman–Crippen LogP) is 0.535. The maximum Gasteiger partial charge on any atom is 0.0420 e. The highest BCUT2D eigenvalue weighted by atomic mass is 35.5. The predicted molar refractivity (Wildman–Crippen MR) is 75.9 cm³/mol. The molecular formula is C14H11ClPS-. The highest BCUT2D eigenvalue weighted by Gasteiger charge is 2.02. The van der Waals surface area contributed by atoms with Crippen LogP contribution in [-0.2, 0) is 0 Å². The smallest absolute Gasteiger partial charge is 0.0420 e. The molecule has 0 aliphatic carbocycles. The largest absolute Gasteiger partial charge is 1.00 e. The minimum absolute atomic E-state index is 0. The zero-order valence-electron chi connectivity index (χ0n) is 9.06. The molecule has 0 amide bonds. The van der Waals surface area contributed by atoms with Gasteiger partial charge in [-0.25, -0.2) is 0 Å². The number of hydrogen-bond donors (Lipinski definition) is 0. The van der Waals surface area contributed by atoms with Crippen molar-refractivity contribution in [3.8, 4) is 0 Å². The summed E-state index contributed by atoms with van der Waals surface area (Å²) in [5.74, 6) is 0. The van der Waals surface area contributed by atoms with Gasteiger partial charge in [0.1, 0.15) is 0 Å². The summed E-state index contributed by atoms with van der Waals surface area (Å²) in [6.07, 6.45) is 0. The first kappa shape index (κ1) is 12.6. The molecule has 0 N–H and O–H groups in total. The minimum Gasteiger partial charge on any atom is -1.00 e. The normalized spacial score (nSPS) is 10.8. The molecule has 0 fully saturated rings. The van der Waals surface area contributed by atoms with Gasteiger partial charge in [0, 0.05) is 4.70 Å². The maximum absolute atomic E-state index is 2.24. The summed E-state index contributed by atoms with van der Waals surface area (Å²) < 4.78 is 1.43. The number of thiophene rings is 1. The van der Waals surface area contributed by atoms with Gasteiger partial charge >= 0.3 is 0 Å². The van der Waals surface area contributed by atoms with Crippen molar-refractivity contribution in [1.82, 2.24) is 0 Å². The van der Waals surface area contributed by atoms with E-state index in [-0.39, 0.29) is 12.4 Å². The fraction of sp³-hybridized carbons (Fsp3) is 0. The van der Waals surface area contributed by atoms with Crippen LogP contribution < -0.4 is 23.0 Å². The van der Waals surface area contributed by atoms with Gasteiger partial charge in [-0.05, 0) is 27.4 Å². The number of rotatable bonds is 2. The van der Waals surface area contributed by atoms with E-state index in [1.165, 1.54) is 20.7 Å². The molecule has 86 valence electrons. The van der Waals surface area contributed by atoms with Crippen LogP contribution in [0.1, 0.15) is 0 Å². The Balaban J connectivity index is 0.00000108. The van der Waals surface area contributed by atoms with E-state index in [1.54, 1.807) is 0 Å². The number of halogens is 1. The molecule has 0 saturated heterocycles. The Kier molecular flexibility index (Phi) is 4.17. The van der Waals surface area contributed by atoms with Crippen molar-refractivity contribution in [3.63, 3.8) is 0 Å². The first-order chi connectivity index (χ1) is 7.93. The van der Waals surface area contributed by atoms with Gasteiger partial charge in [-0.2, -0.15) is 0 Å². The van der Waals surface area contributed by atoms with Gasteiger partial charge in [0.05, 0.1) is 0 Å². The van der Waals surface area contributed by atoms with Crippen LogP contribution >= 0.6 is 19.9 Å². The van der Waals surface area contributed by atoms with Gasteiger partial charge in [-0.1, -0.05) is 57.1 Å². The standard InChI is InChI=1S/C14H11PS.ClH/c1-2-6-12(7-3-1)15-13-8-4-5-11-9-10-16-14(11)13;/h1-10,15H;1H/p-1. The quantitative estimate of drug-likeness (QED) is 0.600. The lowest BCUT2D eigenvalue weighted by molar-refractivity contribution is -0.00000286. The maximum atomic E-state index is 2.24. The first-order valence-electron chi connectivity index (χ1n) is 5.22. The monoisotopic (exact) mass is 277 g/mol. The highest BCUT2D eigenvalue weighted by Crippen LogP contribution is 2.24. The molecule has 3 heteroatoms. The van der Waals surface area contributed by atoms with Crippen LogP contribution in [0.4, 0.5) is 0 Å². The number of hydrogen-bond acceptors (Lipinski definition) is 1. The zero-order valence-corrected chi connectivity index (χ0v) is 11.6. The van der Waals surface area contributed by atoms with E-state index in [0.717, 1.165) is 8.58 Å². The van der Waals surface area contributed by atoms with E-state index in [0.29, 0.717) is 0 Å². The summed E-state index contributed by atoms with van der Waals surface area (Å²) in [6, 6.07) is 19.5. The van der Waals surface area contributed by atoms with E-state index in [2.05, 4.69) is 60.0 Å². The Hall–Kier alpha value is -0.880. The van der Waals surface area contributed by atoms with E-state index in [9.17, 15) is 0 Å². The fourth-order valence-corrected chi connectivity index (χ4v) is 4.02. The lowest BCUT2D eigenvalue weighted by atomic mass is 10.3. The second-order valence-electron chi connectivity index (χ2n) is 3.64. The van der Waals surface area contributed by atoms with E-state index < -0.39 is 0 Å². The van der Waals surface area contributed by atoms with E-state index in [4.69, 9.17) is 0 Å². The third kappa shape index (κ3) is 2.69. The van der Waals surface area contributed by atoms with E-state index in [1.807, 2.05) is 11.3 Å². The van der Waals surface area contributed by atoms with Gasteiger partial charge in [0.25, 0.3) is 0 Å². The Morgan fingerprint density at radius 2 is 1.65 bits per heavy atom. The van der Waals surface area contributed by atoms with Crippen LogP contribution in [0.3, 0.4) is 0 Å². The van der Waals surface area contributed by atoms with Crippen molar-refractivity contribution < 1.29 is 12.4 Å². The van der Waals surface area contributed by atoms with Crippen LogP contribution in [0, 0.1) is 0 Å². The molecule has 1 aromatic heterocycles. The molecule has 0 spiro atoms. The average molecular weight is 278 g/mol. The van der Waals surface area contributed by atoms with Gasteiger partial charge in [-0.15, -0.1) is 11.3 Å². The van der Waals surface area contributed by atoms with Crippen LogP contribution in [0.5, 0.6) is 0 Å². The van der Waals surface area contributed by atoms with Crippen molar-refractivity contribution >= 4 is 40.6 Å². The third-order valence-electron chi connectivity index (χ3n) is 2.53. The molecule has 1 unspecified atom stereocenters. The lowest BCUT2D eigenvalue weighted by Gasteiger charge is -2.03. The Labute approximate surface area is 113 Å². The topological polar surface area (TPSA) is 0 Å². The third-order valence-corrected chi connectivity index (χ3v) is 4.98. The summed E-state index contributed by atoms with van der Waals surface area (Å²) in [5.41, 5.74) is 0. The fourth-order valence-electron chi connectivity index (χ4n) is 1.77. The van der Waals surface area contributed by atoms with Gasteiger partial charge in [0.15, 0.2) is 0 Å². The molecule has 3 rings (SSSR count). The molecule has 17 heavy (non-hydrogen) atoms. The molecule has 1 heterocycles. The van der Waals surface area contributed by atoms with Crippen molar-refractivity contribution in [2.75, 3.05) is 0 Å². The average Bonchev–Trinajstić information content (AvgIpc) is 2.80. The first-order valence-corrected chi connectivity index (χ1v) is 7.10. The summed E-state index contributed by atoms with van der Waals surface area (Å²) in [7, 11) is 0.758. The van der Waals surface area contributed by atoms with Gasteiger partial charge in [0.2, 0.25) is 0 Å². The second-order valence-corrected chi connectivity index (χ2v) is 5.92. The molecule has 0 bridgehead atoms. The summed E-state index contributed by atoms with van der Waals surface area (Å²) in [6.45, 7) is 0. The van der Waals surface area contributed by atoms with Crippen LogP contribution in [0.2, 0.25) is 0 Å². The molecule has 0 radical (unpaired) electrons. The van der Waals surface area contributed by atoms with Crippen LogP contribution in [0.25, 0.3) is 10.1 Å². The molecule has 3 aromatic rings. The molecule has 0 saturated carbocycles. The van der Waals surface area contributed by atoms with Crippen molar-refractivity contribution in [2.24, 2.45) is 0 Å².